The zero-order valence-electron chi connectivity index (χ0n) is 19.2. The van der Waals surface area contributed by atoms with Crippen molar-refractivity contribution < 1.29 is 22.7 Å². The summed E-state index contributed by atoms with van der Waals surface area (Å²) in [6.07, 6.45) is 7.68. The fourth-order valence-electron chi connectivity index (χ4n) is 5.72. The molecule has 0 radical (unpaired) electrons. The molecule has 2 aromatic rings. The van der Waals surface area contributed by atoms with Gasteiger partial charge in [-0.05, 0) is 66.8 Å². The highest BCUT2D eigenvalue weighted by Gasteiger charge is 2.37. The molecule has 1 atom stereocenters. The van der Waals surface area contributed by atoms with Crippen molar-refractivity contribution in [3.05, 3.63) is 34.5 Å². The Labute approximate surface area is 198 Å². The van der Waals surface area contributed by atoms with Crippen molar-refractivity contribution >= 4 is 21.7 Å². The summed E-state index contributed by atoms with van der Waals surface area (Å²) < 4.78 is 40.9. The Morgan fingerprint density at radius 3 is 2.71 bits per heavy atom. The summed E-state index contributed by atoms with van der Waals surface area (Å²) in [4.78, 5) is 14.9. The molecule has 0 saturated carbocycles. The van der Waals surface area contributed by atoms with E-state index in [-0.39, 0.29) is 22.9 Å². The van der Waals surface area contributed by atoms with E-state index in [0.29, 0.717) is 13.2 Å². The maximum atomic E-state index is 13.0. The monoisotopic (exact) mass is 487 g/mol. The molecule has 2 N–H and O–H groups in total. The van der Waals surface area contributed by atoms with E-state index >= 15 is 0 Å². The number of methoxy groups -OCH3 is 1. The SMILES string of the molecule is COC1CN(C2COc3c(S(=O)(=O)NC(=O)Nc4cc5c(c6c4CCC6)CCC5)cnn3C2)C1. The lowest BCUT2D eigenvalue weighted by Crippen LogP contribution is -2.59. The molecule has 4 aliphatic rings. The highest BCUT2D eigenvalue weighted by Crippen LogP contribution is 2.38. The zero-order chi connectivity index (χ0) is 23.4. The molecule has 2 aliphatic heterocycles. The standard InChI is InChI=1S/C23H29N5O5S/c1-32-16-11-27(12-16)15-10-28-22(33-13-15)21(9-24-28)34(30,31)26-23(29)25-20-8-14-4-2-5-17(14)18-6-3-7-19(18)20/h8-9,15-16H,2-7,10-13H2,1H3,(H2,25,26,29). The Bertz CT molecular complexity index is 1250. The molecule has 1 fully saturated rings. The van der Waals surface area contributed by atoms with Crippen LogP contribution in [0.1, 0.15) is 35.1 Å². The molecule has 10 nitrogen and oxygen atoms in total. The van der Waals surface area contributed by atoms with Crippen molar-refractivity contribution in [3.63, 3.8) is 0 Å². The highest BCUT2D eigenvalue weighted by molar-refractivity contribution is 7.90. The minimum atomic E-state index is -4.15. The van der Waals surface area contributed by atoms with Gasteiger partial charge in [0.2, 0.25) is 5.88 Å². The van der Waals surface area contributed by atoms with Crippen LogP contribution in [0.5, 0.6) is 5.88 Å². The minimum Gasteiger partial charge on any atom is -0.475 e. The third-order valence-corrected chi connectivity index (χ3v) is 8.85. The molecule has 6 rings (SSSR count). The lowest BCUT2D eigenvalue weighted by Gasteiger charge is -2.44. The summed E-state index contributed by atoms with van der Waals surface area (Å²) in [6.45, 7) is 2.52. The second kappa shape index (κ2) is 8.24. The number of hydrogen-bond donors (Lipinski definition) is 2. The number of nitrogens with one attached hydrogen (secondary N) is 2. The Morgan fingerprint density at radius 1 is 1.12 bits per heavy atom. The summed E-state index contributed by atoms with van der Waals surface area (Å²) in [5.74, 6) is 0.166. The fraction of sp³-hybridized carbons (Fsp3) is 0.565. The first-order valence-corrected chi connectivity index (χ1v) is 13.4. The summed E-state index contributed by atoms with van der Waals surface area (Å²) in [7, 11) is -2.45. The Hall–Kier alpha value is -2.63. The van der Waals surface area contributed by atoms with Crippen molar-refractivity contribution in [1.29, 1.82) is 0 Å². The number of hydrogen-bond acceptors (Lipinski definition) is 7. The number of anilines is 1. The summed E-state index contributed by atoms with van der Waals surface area (Å²) in [5, 5.41) is 7.02. The lowest BCUT2D eigenvalue weighted by molar-refractivity contribution is -0.0687. The van der Waals surface area contributed by atoms with E-state index in [9.17, 15) is 13.2 Å². The van der Waals surface area contributed by atoms with Crippen molar-refractivity contribution in [1.82, 2.24) is 19.4 Å². The quantitative estimate of drug-likeness (QED) is 0.656. The van der Waals surface area contributed by atoms with Crippen LogP contribution in [-0.4, -0.2) is 68.1 Å². The van der Waals surface area contributed by atoms with Gasteiger partial charge >= 0.3 is 6.03 Å². The van der Waals surface area contributed by atoms with Crippen molar-refractivity contribution in [2.45, 2.75) is 62.1 Å². The van der Waals surface area contributed by atoms with Gasteiger partial charge in [-0.3, -0.25) is 4.90 Å². The fourth-order valence-corrected chi connectivity index (χ4v) is 6.71. The second-order valence-corrected chi connectivity index (χ2v) is 11.2. The van der Waals surface area contributed by atoms with Crippen LogP contribution in [0.4, 0.5) is 10.5 Å². The van der Waals surface area contributed by atoms with Gasteiger partial charge in [-0.15, -0.1) is 0 Å². The van der Waals surface area contributed by atoms with Crippen LogP contribution in [0.25, 0.3) is 0 Å². The van der Waals surface area contributed by atoms with Crippen LogP contribution in [-0.2, 0) is 47.0 Å². The summed E-state index contributed by atoms with van der Waals surface area (Å²) in [6, 6.07) is 1.35. The van der Waals surface area contributed by atoms with Gasteiger partial charge in [0, 0.05) is 25.9 Å². The van der Waals surface area contributed by atoms with Crippen LogP contribution < -0.4 is 14.8 Å². The first-order valence-electron chi connectivity index (χ1n) is 11.9. The number of amides is 2. The number of urea groups is 1. The molecule has 1 aromatic carbocycles. The zero-order valence-corrected chi connectivity index (χ0v) is 20.0. The Balaban J connectivity index is 1.16. The summed E-state index contributed by atoms with van der Waals surface area (Å²) in [5.41, 5.74) is 5.92. The number of aryl methyl sites for hydroxylation is 1. The van der Waals surface area contributed by atoms with E-state index in [0.717, 1.165) is 62.9 Å². The van der Waals surface area contributed by atoms with E-state index < -0.39 is 16.1 Å². The Morgan fingerprint density at radius 2 is 1.88 bits per heavy atom. The lowest BCUT2D eigenvalue weighted by atomic mass is 9.98. The average Bonchev–Trinajstić information content (AvgIpc) is 3.50. The molecule has 34 heavy (non-hydrogen) atoms. The van der Waals surface area contributed by atoms with Gasteiger partial charge in [-0.2, -0.15) is 5.10 Å². The van der Waals surface area contributed by atoms with Crippen molar-refractivity contribution in [2.24, 2.45) is 0 Å². The number of ether oxygens (including phenoxy) is 2. The van der Waals surface area contributed by atoms with E-state index in [4.69, 9.17) is 9.47 Å². The van der Waals surface area contributed by atoms with Gasteiger partial charge < -0.3 is 14.8 Å². The largest absolute Gasteiger partial charge is 0.475 e. The number of sulfonamides is 1. The van der Waals surface area contributed by atoms with Crippen LogP contribution >= 0.6 is 0 Å². The summed E-state index contributed by atoms with van der Waals surface area (Å²) >= 11 is 0. The molecule has 11 heteroatoms. The molecular weight excluding hydrogens is 458 g/mol. The highest BCUT2D eigenvalue weighted by atomic mass is 32.2. The molecule has 0 bridgehead atoms. The smallest absolute Gasteiger partial charge is 0.333 e. The number of rotatable bonds is 5. The van der Waals surface area contributed by atoms with Gasteiger partial charge in [0.25, 0.3) is 10.0 Å². The maximum absolute atomic E-state index is 13.0. The van der Waals surface area contributed by atoms with Gasteiger partial charge in [-0.1, -0.05) is 0 Å². The first-order chi connectivity index (χ1) is 16.4. The topological polar surface area (TPSA) is 115 Å². The van der Waals surface area contributed by atoms with E-state index in [2.05, 4.69) is 20.0 Å². The normalized spacial score (nSPS) is 21.9. The van der Waals surface area contributed by atoms with Crippen molar-refractivity contribution in [2.75, 3.05) is 32.1 Å². The average molecular weight is 488 g/mol. The molecule has 3 heterocycles. The number of nitrogens with zero attached hydrogens (tertiary/aromatic N) is 3. The van der Waals surface area contributed by atoms with E-state index in [1.165, 1.54) is 22.9 Å². The number of benzene rings is 1. The van der Waals surface area contributed by atoms with Gasteiger partial charge in [0.05, 0.1) is 24.9 Å². The van der Waals surface area contributed by atoms with Gasteiger partial charge in [0.15, 0.2) is 4.90 Å². The van der Waals surface area contributed by atoms with Crippen LogP contribution in [0.2, 0.25) is 0 Å². The van der Waals surface area contributed by atoms with Crippen LogP contribution in [0.15, 0.2) is 17.2 Å². The minimum absolute atomic E-state index is 0.104. The third-order valence-electron chi connectivity index (χ3n) is 7.53. The molecule has 1 aromatic heterocycles. The maximum Gasteiger partial charge on any atom is 0.333 e. The van der Waals surface area contributed by atoms with Crippen LogP contribution in [0.3, 0.4) is 0 Å². The number of fused-ring (bicyclic) bond motifs is 4. The number of carbonyl (C=O) groups excluding carboxylic acids is 1. The molecule has 182 valence electrons. The molecule has 1 unspecified atom stereocenters. The van der Waals surface area contributed by atoms with Gasteiger partial charge in [0.1, 0.15) is 6.61 Å². The van der Waals surface area contributed by atoms with E-state index in [1.807, 2.05) is 6.07 Å². The van der Waals surface area contributed by atoms with Gasteiger partial charge in [-0.25, -0.2) is 22.6 Å². The Kier molecular flexibility index (Phi) is 5.30. The molecule has 0 spiro atoms. The van der Waals surface area contributed by atoms with E-state index in [1.54, 1.807) is 11.8 Å². The predicted molar refractivity (Wildman–Crippen MR) is 124 cm³/mol. The first kappa shape index (κ1) is 21.9. The number of aromatic nitrogens is 2. The number of likely N-dealkylation sites (tertiary alicyclic amines) is 1. The number of carbonyl (C=O) groups is 1. The molecule has 2 aliphatic carbocycles. The molecule has 1 saturated heterocycles. The van der Waals surface area contributed by atoms with Crippen molar-refractivity contribution in [3.8, 4) is 5.88 Å². The molecule has 2 amide bonds. The predicted octanol–water partition coefficient (Wildman–Crippen LogP) is 1.46. The third kappa shape index (κ3) is 3.66. The van der Waals surface area contributed by atoms with Crippen LogP contribution in [0, 0.1) is 0 Å². The molecular formula is C23H29N5O5S. The second-order valence-electron chi connectivity index (χ2n) is 9.56.